The molecular weight excluding hydrogens is 224 g/mol. The lowest BCUT2D eigenvalue weighted by Crippen LogP contribution is -2.28. The van der Waals surface area contributed by atoms with E-state index >= 15 is 0 Å². The van der Waals surface area contributed by atoms with Crippen molar-refractivity contribution in [3.63, 3.8) is 0 Å². The minimum atomic E-state index is -4.51. The van der Waals surface area contributed by atoms with E-state index in [1.54, 1.807) is 0 Å². The lowest BCUT2D eigenvalue weighted by atomic mass is 10.1. The van der Waals surface area contributed by atoms with Gasteiger partial charge in [0.25, 0.3) is 0 Å². The average Bonchev–Trinajstić information content (AvgIpc) is 2.57. The van der Waals surface area contributed by atoms with Gasteiger partial charge in [0.1, 0.15) is 11.9 Å². The number of alkyl halides is 3. The number of nitrogens with two attached hydrogens (primary N) is 1. The smallest absolute Gasteiger partial charge is 0.361 e. The van der Waals surface area contributed by atoms with Crippen molar-refractivity contribution in [1.29, 1.82) is 0 Å². The average molecular weight is 232 g/mol. The highest BCUT2D eigenvalue weighted by Gasteiger charge is 2.39. The van der Waals surface area contributed by atoms with Gasteiger partial charge in [-0.3, -0.25) is 0 Å². The molecule has 1 heterocycles. The highest BCUT2D eigenvalue weighted by molar-refractivity contribution is 5.83. The fraction of sp³-hybridized carbons (Fsp3) is 0.200. The fourth-order valence-corrected chi connectivity index (χ4v) is 1.55. The molecule has 1 atom stereocenters. The number of rotatable bonds is 1. The number of nitrogens with one attached hydrogen (secondary N) is 1. The van der Waals surface area contributed by atoms with Gasteiger partial charge in [-0.1, -0.05) is 0 Å². The first kappa shape index (κ1) is 10.9. The van der Waals surface area contributed by atoms with Crippen LogP contribution in [0.5, 0.6) is 0 Å². The molecule has 1 aromatic carbocycles. The molecular formula is C10H8F4N2. The minimum Gasteiger partial charge on any atom is -0.361 e. The molecule has 0 radical (unpaired) electrons. The summed E-state index contributed by atoms with van der Waals surface area (Å²) in [7, 11) is 0. The predicted molar refractivity (Wildman–Crippen MR) is 51.2 cm³/mol. The second kappa shape index (κ2) is 3.48. The summed E-state index contributed by atoms with van der Waals surface area (Å²) in [4.78, 5) is 2.56. The van der Waals surface area contributed by atoms with Crippen molar-refractivity contribution in [1.82, 2.24) is 4.98 Å². The Morgan fingerprint density at radius 3 is 2.56 bits per heavy atom. The third kappa shape index (κ3) is 1.76. The zero-order valence-electron chi connectivity index (χ0n) is 7.98. The number of hydrogen-bond acceptors (Lipinski definition) is 1. The zero-order valence-corrected chi connectivity index (χ0v) is 7.98. The molecule has 6 heteroatoms. The third-order valence-corrected chi connectivity index (χ3v) is 2.36. The van der Waals surface area contributed by atoms with Gasteiger partial charge in [0.15, 0.2) is 0 Å². The molecule has 0 amide bonds. The van der Waals surface area contributed by atoms with Crippen LogP contribution in [-0.2, 0) is 0 Å². The summed E-state index contributed by atoms with van der Waals surface area (Å²) in [6, 6.07) is 1.44. The van der Waals surface area contributed by atoms with Crippen LogP contribution >= 0.6 is 0 Å². The SMILES string of the molecule is N[C@H](c1c[nH]c2cc(F)ccc12)C(F)(F)F. The van der Waals surface area contributed by atoms with Gasteiger partial charge in [0.05, 0.1) is 0 Å². The number of benzene rings is 1. The van der Waals surface area contributed by atoms with Crippen molar-refractivity contribution in [2.45, 2.75) is 12.2 Å². The molecule has 0 spiro atoms. The molecule has 0 saturated carbocycles. The maximum Gasteiger partial charge on any atom is 0.407 e. The van der Waals surface area contributed by atoms with Crippen molar-refractivity contribution < 1.29 is 17.6 Å². The predicted octanol–water partition coefficient (Wildman–Crippen LogP) is 2.87. The molecule has 2 nitrogen and oxygen atoms in total. The molecule has 0 aliphatic carbocycles. The first-order valence-corrected chi connectivity index (χ1v) is 4.48. The standard InChI is InChI=1S/C10H8F4N2/c11-5-1-2-6-7(4-16-8(6)3-5)9(15)10(12,13)14/h1-4,9,16H,15H2/t9-/m1/s1. The van der Waals surface area contributed by atoms with E-state index in [2.05, 4.69) is 4.98 Å². The number of hydrogen-bond donors (Lipinski definition) is 2. The lowest BCUT2D eigenvalue weighted by molar-refractivity contribution is -0.148. The molecule has 2 rings (SSSR count). The first-order valence-electron chi connectivity index (χ1n) is 4.48. The van der Waals surface area contributed by atoms with Gasteiger partial charge in [-0.05, 0) is 18.2 Å². The third-order valence-electron chi connectivity index (χ3n) is 2.36. The van der Waals surface area contributed by atoms with Crippen LogP contribution in [-0.4, -0.2) is 11.2 Å². The lowest BCUT2D eigenvalue weighted by Gasteiger charge is -2.14. The maximum atomic E-state index is 12.8. The molecule has 0 aliphatic heterocycles. The molecule has 16 heavy (non-hydrogen) atoms. The van der Waals surface area contributed by atoms with Crippen molar-refractivity contribution >= 4 is 10.9 Å². The van der Waals surface area contributed by atoms with Gasteiger partial charge in [-0.15, -0.1) is 0 Å². The van der Waals surface area contributed by atoms with Crippen LogP contribution in [0.25, 0.3) is 10.9 Å². The summed E-state index contributed by atoms with van der Waals surface area (Å²) < 4.78 is 50.0. The zero-order chi connectivity index (χ0) is 11.9. The van der Waals surface area contributed by atoms with Crippen LogP contribution in [0.15, 0.2) is 24.4 Å². The number of aromatic nitrogens is 1. The van der Waals surface area contributed by atoms with Gasteiger partial charge in [-0.25, -0.2) is 4.39 Å². The van der Waals surface area contributed by atoms with Crippen molar-refractivity contribution in [2.75, 3.05) is 0 Å². The van der Waals surface area contributed by atoms with E-state index < -0.39 is 18.0 Å². The fourth-order valence-electron chi connectivity index (χ4n) is 1.55. The molecule has 0 aliphatic rings. The van der Waals surface area contributed by atoms with Gasteiger partial charge in [-0.2, -0.15) is 13.2 Å². The van der Waals surface area contributed by atoms with Crippen LogP contribution < -0.4 is 5.73 Å². The van der Waals surface area contributed by atoms with E-state index in [1.807, 2.05) is 0 Å². The van der Waals surface area contributed by atoms with E-state index in [9.17, 15) is 17.6 Å². The van der Waals surface area contributed by atoms with Crippen molar-refractivity contribution in [3.8, 4) is 0 Å². The Kier molecular flexibility index (Phi) is 2.38. The summed E-state index contributed by atoms with van der Waals surface area (Å²) in [6.45, 7) is 0. The summed E-state index contributed by atoms with van der Waals surface area (Å²) >= 11 is 0. The summed E-state index contributed by atoms with van der Waals surface area (Å²) in [5.41, 5.74) is 5.30. The Morgan fingerprint density at radius 1 is 1.25 bits per heavy atom. The Hall–Kier alpha value is -1.56. The molecule has 0 saturated heterocycles. The molecule has 1 aromatic heterocycles. The number of halogens is 4. The van der Waals surface area contributed by atoms with E-state index in [-0.39, 0.29) is 10.9 Å². The molecule has 86 valence electrons. The van der Waals surface area contributed by atoms with Crippen LogP contribution in [0.4, 0.5) is 17.6 Å². The second-order valence-corrected chi connectivity index (χ2v) is 3.45. The number of fused-ring (bicyclic) bond motifs is 1. The minimum absolute atomic E-state index is 0.0810. The molecule has 0 unspecified atom stereocenters. The van der Waals surface area contributed by atoms with Gasteiger partial charge < -0.3 is 10.7 Å². The molecule has 3 N–H and O–H groups in total. The van der Waals surface area contributed by atoms with E-state index in [4.69, 9.17) is 5.73 Å². The number of H-pyrrole nitrogens is 1. The summed E-state index contributed by atoms with van der Waals surface area (Å²) in [5.74, 6) is -0.513. The van der Waals surface area contributed by atoms with Crippen LogP contribution in [0, 0.1) is 5.82 Å². The van der Waals surface area contributed by atoms with Crippen LogP contribution in [0.2, 0.25) is 0 Å². The highest BCUT2D eigenvalue weighted by atomic mass is 19.4. The van der Waals surface area contributed by atoms with Crippen molar-refractivity contribution in [2.24, 2.45) is 5.73 Å². The monoisotopic (exact) mass is 232 g/mol. The summed E-state index contributed by atoms with van der Waals surface area (Å²) in [5, 5.41) is 0.284. The molecule has 2 aromatic rings. The van der Waals surface area contributed by atoms with Crippen molar-refractivity contribution in [3.05, 3.63) is 35.8 Å². The van der Waals surface area contributed by atoms with Crippen LogP contribution in [0.1, 0.15) is 11.6 Å². The second-order valence-electron chi connectivity index (χ2n) is 3.45. The van der Waals surface area contributed by atoms with E-state index in [0.717, 1.165) is 18.3 Å². The maximum absolute atomic E-state index is 12.8. The number of aromatic amines is 1. The summed E-state index contributed by atoms with van der Waals surface area (Å²) in [6.07, 6.45) is -3.36. The molecule has 0 fully saturated rings. The topological polar surface area (TPSA) is 41.8 Å². The Morgan fingerprint density at radius 2 is 1.94 bits per heavy atom. The van der Waals surface area contributed by atoms with Gasteiger partial charge in [0, 0.05) is 22.7 Å². The largest absolute Gasteiger partial charge is 0.407 e. The van der Waals surface area contributed by atoms with Gasteiger partial charge in [0.2, 0.25) is 0 Å². The molecule has 0 bridgehead atoms. The van der Waals surface area contributed by atoms with E-state index in [1.165, 1.54) is 6.07 Å². The van der Waals surface area contributed by atoms with Crippen LogP contribution in [0.3, 0.4) is 0 Å². The Bertz CT molecular complexity index is 515. The van der Waals surface area contributed by atoms with E-state index in [0.29, 0.717) is 5.52 Å². The van der Waals surface area contributed by atoms with Gasteiger partial charge >= 0.3 is 6.18 Å². The highest BCUT2D eigenvalue weighted by Crippen LogP contribution is 2.34. The Labute approximate surface area is 88.1 Å². The first-order chi connectivity index (χ1) is 7.39. The Balaban J connectivity index is 2.54. The normalized spacial score (nSPS) is 14.3. The quantitative estimate of drug-likeness (QED) is 0.729.